The lowest BCUT2D eigenvalue weighted by Gasteiger charge is -2.32. The number of nitrogens with zero attached hydrogens (tertiary/aromatic N) is 3. The Morgan fingerprint density at radius 2 is 1.75 bits per heavy atom. The van der Waals surface area contributed by atoms with Gasteiger partial charge in [0.1, 0.15) is 17.4 Å². The van der Waals surface area contributed by atoms with E-state index in [0.29, 0.717) is 0 Å². The SMILES string of the molecule is C(=Cc1ccccc1)C[NH+]1CCN(c2ncnc3c2oc2ccccc23)CC1. The van der Waals surface area contributed by atoms with Crippen molar-refractivity contribution >= 4 is 34.0 Å². The van der Waals surface area contributed by atoms with Gasteiger partial charge in [0.05, 0.1) is 32.7 Å². The highest BCUT2D eigenvalue weighted by Gasteiger charge is 2.24. The molecule has 3 heterocycles. The topological polar surface area (TPSA) is 46.6 Å². The number of piperazine rings is 1. The summed E-state index contributed by atoms with van der Waals surface area (Å²) in [5.41, 5.74) is 3.83. The lowest BCUT2D eigenvalue weighted by atomic mass is 10.2. The molecular weight excluding hydrogens is 348 g/mol. The molecule has 5 rings (SSSR count). The van der Waals surface area contributed by atoms with E-state index < -0.39 is 0 Å². The molecule has 0 atom stereocenters. The summed E-state index contributed by atoms with van der Waals surface area (Å²) in [5.74, 6) is 0.917. The molecule has 0 unspecified atom stereocenters. The molecule has 0 amide bonds. The van der Waals surface area contributed by atoms with E-state index in [1.165, 1.54) is 5.56 Å². The van der Waals surface area contributed by atoms with Gasteiger partial charge in [0.25, 0.3) is 0 Å². The molecule has 28 heavy (non-hydrogen) atoms. The van der Waals surface area contributed by atoms with E-state index in [1.54, 1.807) is 11.2 Å². The molecule has 5 nitrogen and oxygen atoms in total. The zero-order valence-electron chi connectivity index (χ0n) is 15.7. The summed E-state index contributed by atoms with van der Waals surface area (Å²) in [5, 5.41) is 1.05. The number of fused-ring (bicyclic) bond motifs is 3. The number of aromatic nitrogens is 2. The molecule has 5 heteroatoms. The Hall–Kier alpha value is -3.18. The molecule has 1 aliphatic heterocycles. The third kappa shape index (κ3) is 3.25. The van der Waals surface area contributed by atoms with Crippen molar-refractivity contribution in [3.63, 3.8) is 0 Å². The highest BCUT2D eigenvalue weighted by molar-refractivity contribution is 6.05. The summed E-state index contributed by atoms with van der Waals surface area (Å²) in [6.07, 6.45) is 6.14. The Labute approximate surface area is 163 Å². The number of furan rings is 1. The molecule has 0 saturated carbocycles. The summed E-state index contributed by atoms with van der Waals surface area (Å²) < 4.78 is 6.09. The maximum absolute atomic E-state index is 6.09. The molecule has 1 saturated heterocycles. The maximum Gasteiger partial charge on any atom is 0.196 e. The van der Waals surface area contributed by atoms with Crippen molar-refractivity contribution in [1.82, 2.24) is 9.97 Å². The predicted octanol–water partition coefficient (Wildman–Crippen LogP) is 2.79. The van der Waals surface area contributed by atoms with Gasteiger partial charge in [-0.3, -0.25) is 0 Å². The summed E-state index contributed by atoms with van der Waals surface area (Å²) in [6.45, 7) is 5.16. The van der Waals surface area contributed by atoms with Crippen LogP contribution in [0.2, 0.25) is 0 Å². The van der Waals surface area contributed by atoms with Crippen LogP contribution in [0, 0.1) is 0 Å². The second-order valence-corrected chi connectivity index (χ2v) is 7.23. The van der Waals surface area contributed by atoms with Crippen molar-refractivity contribution in [1.29, 1.82) is 0 Å². The standard InChI is InChI=1S/C23H22N4O/c1-2-7-18(8-3-1)9-6-12-26-13-15-27(16-14-26)23-22-21(24-17-25-23)19-10-4-5-11-20(19)28-22/h1-11,17H,12-16H2/p+1. The van der Waals surface area contributed by atoms with Crippen LogP contribution in [0.4, 0.5) is 5.82 Å². The van der Waals surface area contributed by atoms with Crippen molar-refractivity contribution in [2.24, 2.45) is 0 Å². The van der Waals surface area contributed by atoms with Crippen molar-refractivity contribution < 1.29 is 9.32 Å². The molecule has 1 fully saturated rings. The maximum atomic E-state index is 6.09. The van der Waals surface area contributed by atoms with Crippen LogP contribution in [0.3, 0.4) is 0 Å². The molecule has 0 radical (unpaired) electrons. The van der Waals surface area contributed by atoms with Crippen molar-refractivity contribution in [3.8, 4) is 0 Å². The number of para-hydroxylation sites is 1. The number of nitrogens with one attached hydrogen (secondary N) is 1. The van der Waals surface area contributed by atoms with E-state index in [1.807, 2.05) is 24.3 Å². The predicted molar refractivity (Wildman–Crippen MR) is 113 cm³/mol. The molecule has 2 aromatic heterocycles. The monoisotopic (exact) mass is 371 g/mol. The van der Waals surface area contributed by atoms with Crippen LogP contribution in [0.25, 0.3) is 28.1 Å². The number of hydrogen-bond donors (Lipinski definition) is 1. The van der Waals surface area contributed by atoms with E-state index in [2.05, 4.69) is 57.4 Å². The van der Waals surface area contributed by atoms with Gasteiger partial charge in [-0.15, -0.1) is 0 Å². The van der Waals surface area contributed by atoms with E-state index in [-0.39, 0.29) is 0 Å². The van der Waals surface area contributed by atoms with Crippen LogP contribution >= 0.6 is 0 Å². The van der Waals surface area contributed by atoms with Gasteiger partial charge in [-0.2, -0.15) is 0 Å². The van der Waals surface area contributed by atoms with Gasteiger partial charge in [-0.25, -0.2) is 9.97 Å². The van der Waals surface area contributed by atoms with Crippen LogP contribution in [0.1, 0.15) is 5.56 Å². The molecule has 4 aromatic rings. The summed E-state index contributed by atoms with van der Waals surface area (Å²) in [7, 11) is 0. The van der Waals surface area contributed by atoms with Gasteiger partial charge >= 0.3 is 0 Å². The van der Waals surface area contributed by atoms with Crippen LogP contribution < -0.4 is 9.80 Å². The van der Waals surface area contributed by atoms with Crippen molar-refractivity contribution in [2.75, 3.05) is 37.6 Å². The molecule has 2 aromatic carbocycles. The van der Waals surface area contributed by atoms with E-state index in [4.69, 9.17) is 4.42 Å². The summed E-state index contributed by atoms with van der Waals surface area (Å²) in [4.78, 5) is 12.9. The number of anilines is 1. The second kappa shape index (κ2) is 7.44. The first-order valence-corrected chi connectivity index (χ1v) is 9.81. The summed E-state index contributed by atoms with van der Waals surface area (Å²) in [6, 6.07) is 18.5. The number of quaternary nitrogens is 1. The normalized spacial score (nSPS) is 15.8. The van der Waals surface area contributed by atoms with Crippen LogP contribution in [-0.4, -0.2) is 42.7 Å². The lowest BCUT2D eigenvalue weighted by Crippen LogP contribution is -3.14. The fraction of sp³-hybridized carbons (Fsp3) is 0.217. The van der Waals surface area contributed by atoms with Gasteiger partial charge in [0.2, 0.25) is 0 Å². The molecule has 1 aliphatic rings. The molecule has 0 aliphatic carbocycles. The fourth-order valence-corrected chi connectivity index (χ4v) is 3.90. The molecule has 140 valence electrons. The first-order chi connectivity index (χ1) is 13.9. The number of hydrogen-bond acceptors (Lipinski definition) is 4. The smallest absolute Gasteiger partial charge is 0.196 e. The Morgan fingerprint density at radius 1 is 0.964 bits per heavy atom. The minimum absolute atomic E-state index is 0.802. The Balaban J connectivity index is 1.29. The average molecular weight is 371 g/mol. The quantitative estimate of drug-likeness (QED) is 0.599. The van der Waals surface area contributed by atoms with Crippen LogP contribution in [-0.2, 0) is 0 Å². The lowest BCUT2D eigenvalue weighted by molar-refractivity contribution is -0.894. The molecule has 1 N–H and O–H groups in total. The first-order valence-electron chi connectivity index (χ1n) is 9.81. The zero-order valence-corrected chi connectivity index (χ0v) is 15.7. The van der Waals surface area contributed by atoms with Crippen molar-refractivity contribution in [3.05, 3.63) is 72.6 Å². The molecule has 0 bridgehead atoms. The highest BCUT2D eigenvalue weighted by atomic mass is 16.3. The first kappa shape index (κ1) is 17.0. The third-order valence-corrected chi connectivity index (χ3v) is 5.43. The van der Waals surface area contributed by atoms with Gasteiger partial charge in [-0.05, 0) is 23.8 Å². The third-order valence-electron chi connectivity index (χ3n) is 5.43. The van der Waals surface area contributed by atoms with Gasteiger partial charge in [0.15, 0.2) is 11.4 Å². The Kier molecular flexibility index (Phi) is 4.51. The fourth-order valence-electron chi connectivity index (χ4n) is 3.90. The minimum Gasteiger partial charge on any atom is -0.450 e. The molecular formula is C23H23N4O+. The van der Waals surface area contributed by atoms with Gasteiger partial charge < -0.3 is 14.2 Å². The second-order valence-electron chi connectivity index (χ2n) is 7.23. The average Bonchev–Trinajstić information content (AvgIpc) is 3.14. The Morgan fingerprint density at radius 3 is 2.61 bits per heavy atom. The van der Waals surface area contributed by atoms with Gasteiger partial charge in [-0.1, -0.05) is 48.5 Å². The summed E-state index contributed by atoms with van der Waals surface area (Å²) >= 11 is 0. The minimum atomic E-state index is 0.802. The van der Waals surface area contributed by atoms with Crippen LogP contribution in [0.5, 0.6) is 0 Å². The van der Waals surface area contributed by atoms with E-state index in [0.717, 1.165) is 60.6 Å². The number of rotatable bonds is 4. The number of benzene rings is 2. The highest BCUT2D eigenvalue weighted by Crippen LogP contribution is 2.31. The van der Waals surface area contributed by atoms with E-state index in [9.17, 15) is 0 Å². The molecule has 0 spiro atoms. The van der Waals surface area contributed by atoms with Crippen molar-refractivity contribution in [2.45, 2.75) is 0 Å². The largest absolute Gasteiger partial charge is 0.450 e. The van der Waals surface area contributed by atoms with E-state index >= 15 is 0 Å². The Bertz CT molecular complexity index is 1110. The van der Waals surface area contributed by atoms with Gasteiger partial charge in [0, 0.05) is 5.39 Å². The van der Waals surface area contributed by atoms with Crippen LogP contribution in [0.15, 0.2) is 71.4 Å². The zero-order chi connectivity index (χ0) is 18.8.